The lowest BCUT2D eigenvalue weighted by atomic mass is 10.3. The standard InChI is InChI=1S/C13H19BrN2O3/c1-9(2)16-8-10(14)7-11(16)13(18)15(3)6-5-12(17)19-4/h7-9H,5-6H2,1-4H3. The van der Waals surface area contributed by atoms with Crippen LogP contribution in [0.3, 0.4) is 0 Å². The normalized spacial score (nSPS) is 10.6. The third-order valence-corrected chi connectivity index (χ3v) is 3.25. The van der Waals surface area contributed by atoms with Gasteiger partial charge >= 0.3 is 5.97 Å². The maximum atomic E-state index is 12.3. The second-order valence-electron chi connectivity index (χ2n) is 4.60. The molecule has 0 aliphatic carbocycles. The minimum Gasteiger partial charge on any atom is -0.469 e. The van der Waals surface area contributed by atoms with E-state index in [1.165, 1.54) is 12.0 Å². The molecule has 0 aliphatic heterocycles. The summed E-state index contributed by atoms with van der Waals surface area (Å²) < 4.78 is 7.33. The molecule has 0 N–H and O–H groups in total. The Bertz CT molecular complexity index is 468. The largest absolute Gasteiger partial charge is 0.469 e. The number of carbonyl (C=O) groups excluding carboxylic acids is 2. The van der Waals surface area contributed by atoms with Crippen LogP contribution < -0.4 is 0 Å². The molecule has 0 unspecified atom stereocenters. The molecule has 0 aliphatic rings. The molecule has 1 aromatic rings. The van der Waals surface area contributed by atoms with Crippen LogP contribution in [0.15, 0.2) is 16.7 Å². The van der Waals surface area contributed by atoms with Gasteiger partial charge in [0.2, 0.25) is 0 Å². The summed E-state index contributed by atoms with van der Waals surface area (Å²) in [6.45, 7) is 4.36. The third kappa shape index (κ3) is 4.09. The number of esters is 1. The molecule has 0 aromatic carbocycles. The van der Waals surface area contributed by atoms with Crippen molar-refractivity contribution in [2.24, 2.45) is 0 Å². The first kappa shape index (κ1) is 15.8. The van der Waals surface area contributed by atoms with Gasteiger partial charge in [-0.2, -0.15) is 0 Å². The van der Waals surface area contributed by atoms with Gasteiger partial charge in [0, 0.05) is 30.3 Å². The fourth-order valence-electron chi connectivity index (χ4n) is 1.70. The highest BCUT2D eigenvalue weighted by molar-refractivity contribution is 9.10. The smallest absolute Gasteiger partial charge is 0.307 e. The fraction of sp³-hybridized carbons (Fsp3) is 0.538. The van der Waals surface area contributed by atoms with Crippen LogP contribution in [0.25, 0.3) is 0 Å². The molecule has 0 atom stereocenters. The molecule has 1 rings (SSSR count). The van der Waals surface area contributed by atoms with Crippen LogP contribution in [-0.4, -0.2) is 42.0 Å². The Morgan fingerprint density at radius 2 is 2.11 bits per heavy atom. The number of carbonyl (C=O) groups is 2. The molecule has 0 saturated carbocycles. The van der Waals surface area contributed by atoms with Crippen LogP contribution in [0.5, 0.6) is 0 Å². The highest BCUT2D eigenvalue weighted by atomic mass is 79.9. The van der Waals surface area contributed by atoms with Gasteiger partial charge in [0.1, 0.15) is 5.69 Å². The number of methoxy groups -OCH3 is 1. The molecule has 1 amide bonds. The van der Waals surface area contributed by atoms with Gasteiger partial charge in [-0.05, 0) is 35.8 Å². The van der Waals surface area contributed by atoms with E-state index in [1.807, 2.05) is 24.6 Å². The van der Waals surface area contributed by atoms with Gasteiger partial charge in [0.05, 0.1) is 13.5 Å². The molecule has 5 nitrogen and oxygen atoms in total. The van der Waals surface area contributed by atoms with E-state index < -0.39 is 0 Å². The predicted octanol–water partition coefficient (Wildman–Crippen LogP) is 2.47. The molecule has 0 radical (unpaired) electrons. The summed E-state index contributed by atoms with van der Waals surface area (Å²) in [5, 5.41) is 0. The summed E-state index contributed by atoms with van der Waals surface area (Å²) in [5.74, 6) is -0.427. The molecule has 19 heavy (non-hydrogen) atoms. The zero-order valence-corrected chi connectivity index (χ0v) is 13.2. The Morgan fingerprint density at radius 1 is 1.47 bits per heavy atom. The average Bonchev–Trinajstić information content (AvgIpc) is 2.76. The van der Waals surface area contributed by atoms with Gasteiger partial charge in [-0.3, -0.25) is 9.59 Å². The SMILES string of the molecule is COC(=O)CCN(C)C(=O)c1cc(Br)cn1C(C)C. The second-order valence-corrected chi connectivity index (χ2v) is 5.51. The summed E-state index contributed by atoms with van der Waals surface area (Å²) in [6, 6.07) is 1.98. The number of nitrogens with zero attached hydrogens (tertiary/aromatic N) is 2. The second kappa shape index (κ2) is 6.75. The van der Waals surface area contributed by atoms with E-state index in [1.54, 1.807) is 13.1 Å². The Kier molecular flexibility index (Phi) is 5.60. The molecular formula is C13H19BrN2O3. The molecule has 6 heteroatoms. The van der Waals surface area contributed by atoms with Crippen molar-refractivity contribution >= 4 is 27.8 Å². The van der Waals surface area contributed by atoms with Crippen LogP contribution in [0.1, 0.15) is 36.8 Å². The van der Waals surface area contributed by atoms with Crippen molar-refractivity contribution in [1.29, 1.82) is 0 Å². The van der Waals surface area contributed by atoms with Crippen LogP contribution in [0.2, 0.25) is 0 Å². The highest BCUT2D eigenvalue weighted by Crippen LogP contribution is 2.20. The van der Waals surface area contributed by atoms with E-state index in [0.717, 1.165) is 4.47 Å². The first-order chi connectivity index (χ1) is 8.86. The Hall–Kier alpha value is -1.30. The van der Waals surface area contributed by atoms with Gasteiger partial charge in [-0.25, -0.2) is 0 Å². The topological polar surface area (TPSA) is 51.5 Å². The van der Waals surface area contributed by atoms with Crippen LogP contribution in [0, 0.1) is 0 Å². The minimum atomic E-state index is -0.319. The number of hydrogen-bond acceptors (Lipinski definition) is 3. The van der Waals surface area contributed by atoms with Crippen molar-refractivity contribution in [3.63, 3.8) is 0 Å². The van der Waals surface area contributed by atoms with Crippen molar-refractivity contribution in [3.05, 3.63) is 22.4 Å². The molecule has 1 aromatic heterocycles. The number of ether oxygens (including phenoxy) is 1. The van der Waals surface area contributed by atoms with Gasteiger partial charge in [-0.1, -0.05) is 0 Å². The molecule has 0 fully saturated rings. The van der Waals surface area contributed by atoms with Crippen molar-refractivity contribution < 1.29 is 14.3 Å². The molecule has 106 valence electrons. The van der Waals surface area contributed by atoms with Crippen molar-refractivity contribution in [2.45, 2.75) is 26.3 Å². The van der Waals surface area contributed by atoms with E-state index in [2.05, 4.69) is 20.7 Å². The molecular weight excluding hydrogens is 312 g/mol. The predicted molar refractivity (Wildman–Crippen MR) is 76.1 cm³/mol. The molecule has 0 bridgehead atoms. The van der Waals surface area contributed by atoms with Gasteiger partial charge in [-0.15, -0.1) is 0 Å². The highest BCUT2D eigenvalue weighted by Gasteiger charge is 2.19. The van der Waals surface area contributed by atoms with Crippen LogP contribution >= 0.6 is 15.9 Å². The number of hydrogen-bond donors (Lipinski definition) is 0. The fourth-order valence-corrected chi connectivity index (χ4v) is 2.14. The lowest BCUT2D eigenvalue weighted by molar-refractivity contribution is -0.140. The van der Waals surface area contributed by atoms with Gasteiger partial charge in [0.25, 0.3) is 5.91 Å². The van der Waals surface area contributed by atoms with Crippen molar-refractivity contribution in [3.8, 4) is 0 Å². The average molecular weight is 331 g/mol. The summed E-state index contributed by atoms with van der Waals surface area (Å²) in [4.78, 5) is 24.9. The summed E-state index contributed by atoms with van der Waals surface area (Å²) in [6.07, 6.45) is 2.08. The number of amides is 1. The number of rotatable bonds is 5. The van der Waals surface area contributed by atoms with E-state index >= 15 is 0 Å². The maximum absolute atomic E-state index is 12.3. The Morgan fingerprint density at radius 3 is 2.63 bits per heavy atom. The van der Waals surface area contributed by atoms with E-state index in [-0.39, 0.29) is 24.3 Å². The number of halogens is 1. The first-order valence-electron chi connectivity index (χ1n) is 6.06. The van der Waals surface area contributed by atoms with Gasteiger partial charge < -0.3 is 14.2 Å². The monoisotopic (exact) mass is 330 g/mol. The zero-order chi connectivity index (χ0) is 14.6. The quantitative estimate of drug-likeness (QED) is 0.779. The zero-order valence-electron chi connectivity index (χ0n) is 11.6. The summed E-state index contributed by atoms with van der Waals surface area (Å²) in [5.41, 5.74) is 0.606. The summed E-state index contributed by atoms with van der Waals surface area (Å²) in [7, 11) is 3.02. The van der Waals surface area contributed by atoms with Gasteiger partial charge in [0.15, 0.2) is 0 Å². The molecule has 1 heterocycles. The third-order valence-electron chi connectivity index (χ3n) is 2.82. The van der Waals surface area contributed by atoms with E-state index in [4.69, 9.17) is 0 Å². The first-order valence-corrected chi connectivity index (χ1v) is 6.85. The Labute approximate surface area is 121 Å². The minimum absolute atomic E-state index is 0.108. The van der Waals surface area contributed by atoms with E-state index in [9.17, 15) is 9.59 Å². The maximum Gasteiger partial charge on any atom is 0.307 e. The number of aromatic nitrogens is 1. The van der Waals surface area contributed by atoms with E-state index in [0.29, 0.717) is 12.2 Å². The van der Waals surface area contributed by atoms with Crippen molar-refractivity contribution in [2.75, 3.05) is 20.7 Å². The Balaban J connectivity index is 2.79. The molecule has 0 saturated heterocycles. The van der Waals surface area contributed by atoms with Crippen molar-refractivity contribution in [1.82, 2.24) is 9.47 Å². The van der Waals surface area contributed by atoms with Crippen LogP contribution in [0.4, 0.5) is 0 Å². The van der Waals surface area contributed by atoms with Crippen LogP contribution in [-0.2, 0) is 9.53 Å². The lowest BCUT2D eigenvalue weighted by Crippen LogP contribution is -2.31. The lowest BCUT2D eigenvalue weighted by Gasteiger charge is -2.19. The molecule has 0 spiro atoms. The summed E-state index contributed by atoms with van der Waals surface area (Å²) >= 11 is 3.38.